The number of rotatable bonds is 6. The fraction of sp³-hybridized carbons (Fsp3) is 0.278. The van der Waals surface area contributed by atoms with Gasteiger partial charge in [0.1, 0.15) is 0 Å². The van der Waals surface area contributed by atoms with Gasteiger partial charge >= 0.3 is 0 Å². The van der Waals surface area contributed by atoms with Gasteiger partial charge in [-0.1, -0.05) is 41.9 Å². The van der Waals surface area contributed by atoms with Crippen LogP contribution in [0.2, 0.25) is 5.02 Å². The van der Waals surface area contributed by atoms with E-state index in [9.17, 15) is 4.79 Å². The average molecular weight is 317 g/mol. The van der Waals surface area contributed by atoms with Gasteiger partial charge in [0.25, 0.3) is 0 Å². The first kappa shape index (κ1) is 16.5. The first-order chi connectivity index (χ1) is 10.7. The van der Waals surface area contributed by atoms with Gasteiger partial charge in [-0.2, -0.15) is 0 Å². The maximum atomic E-state index is 12.6. The maximum absolute atomic E-state index is 12.6. The molecule has 0 aliphatic carbocycles. The maximum Gasteiger partial charge on any atom is 0.227 e. The summed E-state index contributed by atoms with van der Waals surface area (Å²) in [6.07, 6.45) is 0.375. The van der Waals surface area contributed by atoms with Crippen LogP contribution in [0.25, 0.3) is 0 Å². The van der Waals surface area contributed by atoms with Crippen LogP contribution >= 0.6 is 11.6 Å². The van der Waals surface area contributed by atoms with E-state index in [2.05, 4.69) is 0 Å². The van der Waals surface area contributed by atoms with E-state index < -0.39 is 0 Å². The molecular weight excluding hydrogens is 296 g/mol. The number of hydrogen-bond donors (Lipinski definition) is 1. The largest absolute Gasteiger partial charge is 0.330 e. The van der Waals surface area contributed by atoms with Crippen molar-refractivity contribution in [2.24, 2.45) is 5.73 Å². The third-order valence-electron chi connectivity index (χ3n) is 3.71. The van der Waals surface area contributed by atoms with Gasteiger partial charge in [0.15, 0.2) is 0 Å². The molecule has 1 atom stereocenters. The van der Waals surface area contributed by atoms with Crippen molar-refractivity contribution >= 4 is 23.2 Å². The lowest BCUT2D eigenvalue weighted by Gasteiger charge is -2.24. The van der Waals surface area contributed by atoms with E-state index in [-0.39, 0.29) is 11.8 Å². The van der Waals surface area contributed by atoms with Crippen LogP contribution < -0.4 is 10.6 Å². The summed E-state index contributed by atoms with van der Waals surface area (Å²) in [5.41, 5.74) is 7.79. The van der Waals surface area contributed by atoms with Crippen molar-refractivity contribution in [1.82, 2.24) is 0 Å². The Morgan fingerprint density at radius 3 is 2.50 bits per heavy atom. The van der Waals surface area contributed by atoms with Crippen molar-refractivity contribution in [3.8, 4) is 0 Å². The zero-order valence-electron chi connectivity index (χ0n) is 12.7. The van der Waals surface area contributed by atoms with E-state index in [0.29, 0.717) is 24.5 Å². The summed E-state index contributed by atoms with van der Waals surface area (Å²) in [7, 11) is 0. The first-order valence-electron chi connectivity index (χ1n) is 7.46. The van der Waals surface area contributed by atoms with E-state index in [1.165, 1.54) is 0 Å². The number of para-hydroxylation sites is 1. The third-order valence-corrected chi connectivity index (χ3v) is 3.95. The monoisotopic (exact) mass is 316 g/mol. The molecule has 0 aromatic heterocycles. The normalized spacial score (nSPS) is 12.0. The van der Waals surface area contributed by atoms with E-state index in [1.807, 2.05) is 61.5 Å². The number of nitrogens with zero attached hydrogens (tertiary/aromatic N) is 1. The van der Waals surface area contributed by atoms with Gasteiger partial charge in [-0.15, -0.1) is 0 Å². The number of anilines is 1. The number of benzene rings is 2. The molecular formula is C18H21ClN2O. The van der Waals surface area contributed by atoms with Crippen LogP contribution in [-0.4, -0.2) is 19.0 Å². The Morgan fingerprint density at radius 2 is 1.91 bits per heavy atom. The van der Waals surface area contributed by atoms with Gasteiger partial charge in [-0.25, -0.2) is 0 Å². The van der Waals surface area contributed by atoms with Crippen molar-refractivity contribution in [3.05, 3.63) is 65.2 Å². The van der Waals surface area contributed by atoms with Gasteiger partial charge < -0.3 is 10.6 Å². The molecule has 0 heterocycles. The molecule has 22 heavy (non-hydrogen) atoms. The summed E-state index contributed by atoms with van der Waals surface area (Å²) in [4.78, 5) is 14.4. The fourth-order valence-corrected chi connectivity index (χ4v) is 2.73. The molecule has 0 saturated carbocycles. The highest BCUT2D eigenvalue weighted by molar-refractivity contribution is 6.30. The molecule has 0 aliphatic heterocycles. The van der Waals surface area contributed by atoms with Crippen molar-refractivity contribution in [1.29, 1.82) is 0 Å². The molecule has 1 amide bonds. The second-order valence-corrected chi connectivity index (χ2v) is 5.60. The van der Waals surface area contributed by atoms with Crippen molar-refractivity contribution < 1.29 is 4.79 Å². The van der Waals surface area contributed by atoms with E-state index >= 15 is 0 Å². The number of amides is 1. The van der Waals surface area contributed by atoms with Gasteiger partial charge in [0, 0.05) is 29.6 Å². The number of nitrogens with two attached hydrogens (primary N) is 1. The summed E-state index contributed by atoms with van der Waals surface area (Å²) in [5.74, 6) is 0.0492. The van der Waals surface area contributed by atoms with Gasteiger partial charge in [-0.05, 0) is 43.3 Å². The summed E-state index contributed by atoms with van der Waals surface area (Å²) in [5, 5.41) is 0.666. The standard InChI is InChI=1S/C18H21ClN2O/c1-2-21(17-9-4-3-5-10-17)18(22)12-15(13-20)14-7-6-8-16(19)11-14/h3-11,15H,2,12-13,20H2,1H3. The molecule has 116 valence electrons. The number of carbonyl (C=O) groups is 1. The minimum atomic E-state index is -0.0241. The second kappa shape index (κ2) is 7.97. The Labute approximate surface area is 136 Å². The van der Waals surface area contributed by atoms with E-state index in [0.717, 1.165) is 11.3 Å². The SMILES string of the molecule is CCN(C(=O)CC(CN)c1cccc(Cl)c1)c1ccccc1. The van der Waals surface area contributed by atoms with Crippen molar-refractivity contribution in [3.63, 3.8) is 0 Å². The summed E-state index contributed by atoms with van der Waals surface area (Å²) >= 11 is 6.03. The highest BCUT2D eigenvalue weighted by atomic mass is 35.5. The van der Waals surface area contributed by atoms with Crippen LogP contribution in [0.15, 0.2) is 54.6 Å². The van der Waals surface area contributed by atoms with Crippen LogP contribution in [0, 0.1) is 0 Å². The van der Waals surface area contributed by atoms with Gasteiger partial charge in [0.05, 0.1) is 0 Å². The minimum Gasteiger partial charge on any atom is -0.330 e. The van der Waals surface area contributed by atoms with Crippen LogP contribution in [0.4, 0.5) is 5.69 Å². The minimum absolute atomic E-state index is 0.0241. The Hall–Kier alpha value is -1.84. The van der Waals surface area contributed by atoms with Crippen molar-refractivity contribution in [2.75, 3.05) is 18.0 Å². The number of carbonyl (C=O) groups excluding carboxylic acids is 1. The zero-order chi connectivity index (χ0) is 15.9. The molecule has 2 rings (SSSR count). The molecule has 2 aromatic carbocycles. The van der Waals surface area contributed by atoms with Crippen LogP contribution in [0.3, 0.4) is 0 Å². The molecule has 4 heteroatoms. The third kappa shape index (κ3) is 4.09. The average Bonchev–Trinajstić information content (AvgIpc) is 2.54. The smallest absolute Gasteiger partial charge is 0.227 e. The Morgan fingerprint density at radius 1 is 1.18 bits per heavy atom. The fourth-order valence-electron chi connectivity index (χ4n) is 2.53. The lowest BCUT2D eigenvalue weighted by Crippen LogP contribution is -2.32. The summed E-state index contributed by atoms with van der Waals surface area (Å²) < 4.78 is 0. The molecule has 0 aliphatic rings. The van der Waals surface area contributed by atoms with E-state index in [4.69, 9.17) is 17.3 Å². The molecule has 2 aromatic rings. The van der Waals surface area contributed by atoms with Crippen LogP contribution in [0.1, 0.15) is 24.8 Å². The second-order valence-electron chi connectivity index (χ2n) is 5.17. The molecule has 1 unspecified atom stereocenters. The van der Waals surface area contributed by atoms with Crippen LogP contribution in [0.5, 0.6) is 0 Å². The molecule has 0 radical (unpaired) electrons. The summed E-state index contributed by atoms with van der Waals surface area (Å²) in [6.45, 7) is 3.02. The molecule has 0 saturated heterocycles. The van der Waals surface area contributed by atoms with Gasteiger partial charge in [-0.3, -0.25) is 4.79 Å². The Balaban J connectivity index is 2.14. The highest BCUT2D eigenvalue weighted by Gasteiger charge is 2.20. The summed E-state index contributed by atoms with van der Waals surface area (Å²) in [6, 6.07) is 17.3. The lowest BCUT2D eigenvalue weighted by atomic mass is 9.95. The van der Waals surface area contributed by atoms with Crippen LogP contribution in [-0.2, 0) is 4.79 Å². The Bertz CT molecular complexity index is 615. The number of hydrogen-bond acceptors (Lipinski definition) is 2. The predicted molar refractivity (Wildman–Crippen MR) is 92.3 cm³/mol. The molecule has 3 nitrogen and oxygen atoms in total. The number of halogens is 1. The lowest BCUT2D eigenvalue weighted by molar-refractivity contribution is -0.118. The molecule has 0 fully saturated rings. The van der Waals surface area contributed by atoms with Crippen molar-refractivity contribution in [2.45, 2.75) is 19.3 Å². The first-order valence-corrected chi connectivity index (χ1v) is 7.84. The molecule has 2 N–H and O–H groups in total. The topological polar surface area (TPSA) is 46.3 Å². The molecule has 0 bridgehead atoms. The predicted octanol–water partition coefficient (Wildman–Crippen LogP) is 3.83. The van der Waals surface area contributed by atoms with Gasteiger partial charge in [0.2, 0.25) is 5.91 Å². The highest BCUT2D eigenvalue weighted by Crippen LogP contribution is 2.24. The zero-order valence-corrected chi connectivity index (χ0v) is 13.5. The Kier molecular flexibility index (Phi) is 5.99. The quantitative estimate of drug-likeness (QED) is 0.880. The molecule has 0 spiro atoms. The van der Waals surface area contributed by atoms with E-state index in [1.54, 1.807) is 4.90 Å².